The van der Waals surface area contributed by atoms with Gasteiger partial charge in [-0.3, -0.25) is 4.79 Å². The summed E-state index contributed by atoms with van der Waals surface area (Å²) in [5, 5.41) is 1.94. The van der Waals surface area contributed by atoms with E-state index >= 15 is 0 Å². The van der Waals surface area contributed by atoms with E-state index in [1.54, 1.807) is 0 Å². The lowest BCUT2D eigenvalue weighted by atomic mass is 10.1. The Morgan fingerprint density at radius 2 is 1.41 bits per heavy atom. The molecule has 2 aromatic rings. The van der Waals surface area contributed by atoms with Crippen LogP contribution in [0.15, 0.2) is 47.4 Å². The molecule has 0 atom stereocenters. The lowest BCUT2D eigenvalue weighted by molar-refractivity contribution is -0.143. The molecule has 2 aromatic carbocycles. The van der Waals surface area contributed by atoms with Gasteiger partial charge in [0, 0.05) is 25.3 Å². The minimum atomic E-state index is -5.07. The summed E-state index contributed by atoms with van der Waals surface area (Å²) in [6.45, 7) is 0. The van der Waals surface area contributed by atoms with Crippen molar-refractivity contribution in [2.45, 2.75) is 17.2 Å². The number of amides is 1. The van der Waals surface area contributed by atoms with Crippen LogP contribution in [0.2, 0.25) is 0 Å². The van der Waals surface area contributed by atoms with Gasteiger partial charge in [0.05, 0.1) is 16.0 Å². The van der Waals surface area contributed by atoms with E-state index in [9.17, 15) is 39.6 Å². The Bertz CT molecular complexity index is 998. The summed E-state index contributed by atoms with van der Waals surface area (Å²) in [7, 11) is -1.40. The molecule has 0 aromatic heterocycles. The lowest BCUT2D eigenvalue weighted by Crippen LogP contribution is -2.23. The van der Waals surface area contributed by atoms with Crippen LogP contribution < -0.4 is 5.32 Å². The predicted molar refractivity (Wildman–Crippen MR) is 91.7 cm³/mol. The molecule has 0 aliphatic rings. The zero-order valence-corrected chi connectivity index (χ0v) is 15.7. The van der Waals surface area contributed by atoms with Gasteiger partial charge in [-0.2, -0.15) is 26.3 Å². The number of anilines is 1. The molecular formula is C17H14F6N2O3S. The number of nitrogens with zero attached hydrogens (tertiary/aromatic N) is 1. The summed E-state index contributed by atoms with van der Waals surface area (Å²) in [5.41, 5.74) is -4.19. The molecule has 0 saturated heterocycles. The molecule has 0 unspecified atom stereocenters. The second kappa shape index (κ2) is 7.67. The van der Waals surface area contributed by atoms with Crippen molar-refractivity contribution in [3.63, 3.8) is 0 Å². The molecule has 12 heteroatoms. The molecule has 0 saturated carbocycles. The van der Waals surface area contributed by atoms with Crippen molar-refractivity contribution in [2.75, 3.05) is 19.4 Å². The Kier molecular flexibility index (Phi) is 6.00. The van der Waals surface area contributed by atoms with Gasteiger partial charge in [-0.1, -0.05) is 6.07 Å². The number of carbonyl (C=O) groups is 1. The number of nitrogens with one attached hydrogen (secondary N) is 1. The fourth-order valence-corrected chi connectivity index (χ4v) is 3.19. The molecule has 0 aliphatic carbocycles. The molecule has 1 amide bonds. The first kappa shape index (κ1) is 22.7. The summed E-state index contributed by atoms with van der Waals surface area (Å²) in [5.74, 6) is -1.08. The monoisotopic (exact) mass is 440 g/mol. The maximum absolute atomic E-state index is 12.9. The summed E-state index contributed by atoms with van der Waals surface area (Å²) >= 11 is 0. The van der Waals surface area contributed by atoms with Gasteiger partial charge in [-0.25, -0.2) is 12.7 Å². The van der Waals surface area contributed by atoms with E-state index in [-0.39, 0.29) is 16.5 Å². The maximum Gasteiger partial charge on any atom is 0.416 e. The van der Waals surface area contributed by atoms with Crippen molar-refractivity contribution < 1.29 is 39.6 Å². The Labute approximate surface area is 162 Å². The Hall–Kier alpha value is -2.60. The van der Waals surface area contributed by atoms with Gasteiger partial charge in [-0.05, 0) is 36.4 Å². The molecule has 0 spiro atoms. The minimum Gasteiger partial charge on any atom is -0.322 e. The van der Waals surface area contributed by atoms with Crippen LogP contribution in [0, 0.1) is 0 Å². The molecular weight excluding hydrogens is 426 g/mol. The highest BCUT2D eigenvalue weighted by Crippen LogP contribution is 2.37. The van der Waals surface area contributed by atoms with Gasteiger partial charge in [0.15, 0.2) is 0 Å². The van der Waals surface area contributed by atoms with Crippen molar-refractivity contribution in [3.05, 3.63) is 59.2 Å². The molecule has 0 fully saturated rings. The van der Waals surface area contributed by atoms with E-state index in [0.29, 0.717) is 12.1 Å². The van der Waals surface area contributed by atoms with Crippen molar-refractivity contribution >= 4 is 21.6 Å². The third-order valence-electron chi connectivity index (χ3n) is 3.72. The summed E-state index contributed by atoms with van der Waals surface area (Å²) < 4.78 is 103. The predicted octanol–water partition coefficient (Wildman–Crippen LogP) is 4.23. The average molecular weight is 440 g/mol. The number of carbonyl (C=O) groups excluding carboxylic acids is 1. The number of sulfonamides is 1. The number of hydrogen-bond donors (Lipinski definition) is 1. The fraction of sp³-hybridized carbons (Fsp3) is 0.235. The van der Waals surface area contributed by atoms with Crippen LogP contribution in [0.1, 0.15) is 21.5 Å². The molecule has 5 nitrogen and oxygen atoms in total. The summed E-state index contributed by atoms with van der Waals surface area (Å²) in [6.07, 6.45) is -10.1. The maximum atomic E-state index is 12.9. The smallest absolute Gasteiger partial charge is 0.322 e. The average Bonchev–Trinajstić information content (AvgIpc) is 2.60. The van der Waals surface area contributed by atoms with E-state index in [0.717, 1.165) is 10.4 Å². The van der Waals surface area contributed by atoms with Crippen LogP contribution in [0.5, 0.6) is 0 Å². The van der Waals surface area contributed by atoms with Crippen molar-refractivity contribution in [3.8, 4) is 0 Å². The molecule has 2 rings (SSSR count). The minimum absolute atomic E-state index is 0.0695. The van der Waals surface area contributed by atoms with Crippen molar-refractivity contribution in [1.82, 2.24) is 4.31 Å². The third kappa shape index (κ3) is 5.26. The van der Waals surface area contributed by atoms with Crippen LogP contribution in [0.3, 0.4) is 0 Å². The summed E-state index contributed by atoms with van der Waals surface area (Å²) in [4.78, 5) is 12.0. The molecule has 29 heavy (non-hydrogen) atoms. The Morgan fingerprint density at radius 3 is 1.86 bits per heavy atom. The standard InChI is InChI=1S/C17H14F6N2O3S/c1-25(2)29(27,28)14-5-3-4-10(6-14)15(26)24-13-8-11(16(18,19)20)7-12(9-13)17(21,22)23/h3-9H,1-2H3,(H,24,26). The van der Waals surface area contributed by atoms with Crippen LogP contribution in [-0.4, -0.2) is 32.7 Å². The van der Waals surface area contributed by atoms with E-state index in [4.69, 9.17) is 0 Å². The first-order valence-electron chi connectivity index (χ1n) is 7.76. The van der Waals surface area contributed by atoms with Gasteiger partial charge in [0.1, 0.15) is 0 Å². The van der Waals surface area contributed by atoms with Crippen LogP contribution >= 0.6 is 0 Å². The van der Waals surface area contributed by atoms with Gasteiger partial charge in [-0.15, -0.1) is 0 Å². The number of alkyl halides is 6. The quantitative estimate of drug-likeness (QED) is 0.724. The van der Waals surface area contributed by atoms with Crippen molar-refractivity contribution in [2.24, 2.45) is 0 Å². The first-order valence-corrected chi connectivity index (χ1v) is 9.20. The first-order chi connectivity index (χ1) is 13.1. The normalized spacial score (nSPS) is 12.9. The SMILES string of the molecule is CN(C)S(=O)(=O)c1cccc(C(=O)Nc2cc(C(F)(F)F)cc(C(F)(F)F)c2)c1. The van der Waals surface area contributed by atoms with E-state index < -0.39 is 45.1 Å². The van der Waals surface area contributed by atoms with E-state index in [2.05, 4.69) is 0 Å². The van der Waals surface area contributed by atoms with Crippen LogP contribution in [-0.2, 0) is 22.4 Å². The van der Waals surface area contributed by atoms with Gasteiger partial charge in [0.2, 0.25) is 10.0 Å². The Morgan fingerprint density at radius 1 is 0.897 bits per heavy atom. The summed E-state index contributed by atoms with van der Waals surface area (Å²) in [6, 6.07) is 5.18. The highest BCUT2D eigenvalue weighted by molar-refractivity contribution is 7.89. The molecule has 0 heterocycles. The fourth-order valence-electron chi connectivity index (χ4n) is 2.24. The number of rotatable bonds is 4. The zero-order valence-electron chi connectivity index (χ0n) is 14.9. The molecule has 1 N–H and O–H groups in total. The van der Waals surface area contributed by atoms with Gasteiger partial charge in [0.25, 0.3) is 5.91 Å². The number of hydrogen-bond acceptors (Lipinski definition) is 3. The van der Waals surface area contributed by atoms with E-state index in [1.165, 1.54) is 32.3 Å². The number of benzene rings is 2. The largest absolute Gasteiger partial charge is 0.416 e. The Balaban J connectivity index is 2.43. The van der Waals surface area contributed by atoms with Crippen LogP contribution in [0.25, 0.3) is 0 Å². The second-order valence-corrected chi connectivity index (χ2v) is 8.22. The van der Waals surface area contributed by atoms with Crippen molar-refractivity contribution in [1.29, 1.82) is 0 Å². The zero-order chi connectivity index (χ0) is 22.2. The third-order valence-corrected chi connectivity index (χ3v) is 5.53. The lowest BCUT2D eigenvalue weighted by Gasteiger charge is -2.15. The molecule has 0 radical (unpaired) electrons. The molecule has 158 valence electrons. The highest BCUT2D eigenvalue weighted by Gasteiger charge is 2.37. The van der Waals surface area contributed by atoms with E-state index in [1.807, 2.05) is 5.32 Å². The molecule has 0 bridgehead atoms. The highest BCUT2D eigenvalue weighted by atomic mass is 32.2. The molecule has 0 aliphatic heterocycles. The topological polar surface area (TPSA) is 66.5 Å². The van der Waals surface area contributed by atoms with Gasteiger partial charge >= 0.3 is 12.4 Å². The second-order valence-electron chi connectivity index (χ2n) is 6.06. The van der Waals surface area contributed by atoms with Crippen LogP contribution in [0.4, 0.5) is 32.0 Å². The van der Waals surface area contributed by atoms with Gasteiger partial charge < -0.3 is 5.32 Å². The number of halogens is 6.